The number of nitrogens with one attached hydrogen (secondary N) is 2. The van der Waals surface area contributed by atoms with Crippen LogP contribution in [-0.2, 0) is 19.2 Å². The third-order valence-corrected chi connectivity index (χ3v) is 3.46. The Morgan fingerprint density at radius 2 is 1.00 bits per heavy atom. The average Bonchev–Trinajstić information content (AvgIpc) is 2.71. The second-order valence-electron chi connectivity index (χ2n) is 5.66. The first-order chi connectivity index (χ1) is 14.3. The zero-order chi connectivity index (χ0) is 21.9. The number of para-hydroxylation sites is 2. The van der Waals surface area contributed by atoms with Crippen LogP contribution in [0.25, 0.3) is 0 Å². The van der Waals surface area contributed by atoms with Crippen LogP contribution in [0.5, 0.6) is 0 Å². The van der Waals surface area contributed by atoms with E-state index in [0.29, 0.717) is 22.5 Å². The van der Waals surface area contributed by atoms with Crippen molar-refractivity contribution in [3.05, 3.63) is 84.0 Å². The van der Waals surface area contributed by atoms with Gasteiger partial charge in [-0.2, -0.15) is 0 Å². The smallest absolute Gasteiger partial charge is 0.328 e. The van der Waals surface area contributed by atoms with Gasteiger partial charge in [0.1, 0.15) is 0 Å². The standard InChI is InChI=1S/C22H16N2O6/c25-19(11-13-21(27)28)23-17-7-3-1-5-15(17)9-10-16-6-2-4-8-18(16)24-20(26)12-14-22(29)30/h1-8,11-14H,(H,23,25)(H,24,26)(H,27,28)(H,29,30). The lowest BCUT2D eigenvalue weighted by Gasteiger charge is -2.06. The van der Waals surface area contributed by atoms with E-state index in [0.717, 1.165) is 24.3 Å². The molecule has 0 aliphatic heterocycles. The first-order valence-electron chi connectivity index (χ1n) is 8.49. The third-order valence-electron chi connectivity index (χ3n) is 3.46. The minimum absolute atomic E-state index is 0.385. The molecule has 0 radical (unpaired) electrons. The molecule has 0 saturated carbocycles. The molecule has 8 heteroatoms. The van der Waals surface area contributed by atoms with Crippen molar-refractivity contribution in [2.75, 3.05) is 10.6 Å². The Kier molecular flexibility index (Phi) is 7.68. The maximum absolute atomic E-state index is 11.8. The van der Waals surface area contributed by atoms with Crippen molar-refractivity contribution in [1.29, 1.82) is 0 Å². The van der Waals surface area contributed by atoms with E-state index in [-0.39, 0.29) is 0 Å². The summed E-state index contributed by atoms with van der Waals surface area (Å²) in [6.07, 6.45) is 3.23. The lowest BCUT2D eigenvalue weighted by Crippen LogP contribution is -2.10. The average molecular weight is 404 g/mol. The minimum atomic E-state index is -1.24. The molecule has 0 atom stereocenters. The topological polar surface area (TPSA) is 133 Å². The number of carboxylic acids is 2. The van der Waals surface area contributed by atoms with Crippen LogP contribution in [0.2, 0.25) is 0 Å². The molecule has 2 aromatic rings. The fraction of sp³-hybridized carbons (Fsp3) is 0. The number of rotatable bonds is 6. The van der Waals surface area contributed by atoms with Crippen LogP contribution < -0.4 is 10.6 Å². The van der Waals surface area contributed by atoms with Gasteiger partial charge in [0, 0.05) is 35.4 Å². The molecule has 0 unspecified atom stereocenters. The molecular weight excluding hydrogens is 388 g/mol. The molecule has 0 heterocycles. The van der Waals surface area contributed by atoms with Gasteiger partial charge in [-0.15, -0.1) is 0 Å². The maximum Gasteiger partial charge on any atom is 0.328 e. The molecule has 2 aromatic carbocycles. The van der Waals surface area contributed by atoms with Crippen molar-refractivity contribution in [3.8, 4) is 11.8 Å². The number of aliphatic carboxylic acids is 2. The zero-order valence-corrected chi connectivity index (χ0v) is 15.5. The van der Waals surface area contributed by atoms with E-state index >= 15 is 0 Å². The molecule has 0 spiro atoms. The highest BCUT2D eigenvalue weighted by Gasteiger charge is 2.05. The molecule has 8 nitrogen and oxygen atoms in total. The third kappa shape index (κ3) is 7.17. The molecule has 0 aliphatic rings. The zero-order valence-electron chi connectivity index (χ0n) is 15.5. The van der Waals surface area contributed by atoms with E-state index in [1.54, 1.807) is 48.5 Å². The Bertz CT molecular complexity index is 1020. The Morgan fingerprint density at radius 1 is 0.633 bits per heavy atom. The quantitative estimate of drug-likeness (QED) is 0.431. The van der Waals surface area contributed by atoms with Crippen LogP contribution >= 0.6 is 0 Å². The van der Waals surface area contributed by atoms with Crippen LogP contribution in [0.1, 0.15) is 11.1 Å². The summed E-state index contributed by atoms with van der Waals surface area (Å²) < 4.78 is 0. The van der Waals surface area contributed by atoms with Gasteiger partial charge in [-0.25, -0.2) is 9.59 Å². The fourth-order valence-corrected chi connectivity index (χ4v) is 2.18. The van der Waals surface area contributed by atoms with Gasteiger partial charge in [0.25, 0.3) is 0 Å². The van der Waals surface area contributed by atoms with Gasteiger partial charge in [0.15, 0.2) is 0 Å². The number of hydrogen-bond acceptors (Lipinski definition) is 4. The highest BCUT2D eigenvalue weighted by molar-refractivity contribution is 6.03. The number of anilines is 2. The number of carboxylic acid groups (broad SMARTS) is 2. The second-order valence-corrected chi connectivity index (χ2v) is 5.66. The molecule has 2 amide bonds. The Balaban J connectivity index is 2.25. The summed E-state index contributed by atoms with van der Waals surface area (Å²) in [4.78, 5) is 44.7. The van der Waals surface area contributed by atoms with Gasteiger partial charge in [-0.1, -0.05) is 36.1 Å². The van der Waals surface area contributed by atoms with E-state index in [1.807, 2.05) is 0 Å². The van der Waals surface area contributed by atoms with Gasteiger partial charge in [0.05, 0.1) is 11.4 Å². The number of benzene rings is 2. The summed E-state index contributed by atoms with van der Waals surface area (Å²) in [7, 11) is 0. The first kappa shape index (κ1) is 21.7. The number of carbonyl (C=O) groups excluding carboxylic acids is 2. The largest absolute Gasteiger partial charge is 0.478 e. The SMILES string of the molecule is O=C(O)C=CC(=O)Nc1ccccc1C#Cc1ccccc1NC(=O)C=CC(=O)O. The van der Waals surface area contributed by atoms with Crippen molar-refractivity contribution in [1.82, 2.24) is 0 Å². The number of amides is 2. The molecule has 0 aromatic heterocycles. The highest BCUT2D eigenvalue weighted by atomic mass is 16.4. The van der Waals surface area contributed by atoms with Crippen molar-refractivity contribution < 1.29 is 29.4 Å². The summed E-state index contributed by atoms with van der Waals surface area (Å²) in [6.45, 7) is 0. The lowest BCUT2D eigenvalue weighted by molar-refractivity contribution is -0.132. The van der Waals surface area contributed by atoms with Crippen LogP contribution in [-0.4, -0.2) is 34.0 Å². The van der Waals surface area contributed by atoms with Gasteiger partial charge in [0.2, 0.25) is 11.8 Å². The van der Waals surface area contributed by atoms with E-state index in [9.17, 15) is 19.2 Å². The van der Waals surface area contributed by atoms with Crippen molar-refractivity contribution in [3.63, 3.8) is 0 Å². The summed E-state index contributed by atoms with van der Waals surface area (Å²) in [6, 6.07) is 13.4. The molecule has 2 rings (SSSR count). The molecule has 4 N–H and O–H groups in total. The van der Waals surface area contributed by atoms with Crippen LogP contribution in [0.4, 0.5) is 11.4 Å². The van der Waals surface area contributed by atoms with Crippen molar-refractivity contribution in [2.45, 2.75) is 0 Å². The monoisotopic (exact) mass is 404 g/mol. The fourth-order valence-electron chi connectivity index (χ4n) is 2.18. The molecule has 0 saturated heterocycles. The second kappa shape index (κ2) is 10.6. The molecule has 0 aliphatic carbocycles. The normalized spacial score (nSPS) is 10.3. The van der Waals surface area contributed by atoms with Crippen molar-refractivity contribution >= 4 is 35.1 Å². The molecule has 150 valence electrons. The van der Waals surface area contributed by atoms with E-state index < -0.39 is 23.8 Å². The number of hydrogen-bond donors (Lipinski definition) is 4. The molecular formula is C22H16N2O6. The minimum Gasteiger partial charge on any atom is -0.478 e. The molecule has 0 bridgehead atoms. The lowest BCUT2D eigenvalue weighted by atomic mass is 10.1. The van der Waals surface area contributed by atoms with Gasteiger partial charge in [-0.05, 0) is 24.3 Å². The predicted octanol–water partition coefficient (Wildman–Crippen LogP) is 2.24. The summed E-state index contributed by atoms with van der Waals surface area (Å²) >= 11 is 0. The van der Waals surface area contributed by atoms with Crippen LogP contribution in [0.15, 0.2) is 72.8 Å². The van der Waals surface area contributed by atoms with Gasteiger partial charge >= 0.3 is 11.9 Å². The summed E-state index contributed by atoms with van der Waals surface area (Å²) in [5.74, 6) is 2.07. The Morgan fingerprint density at radius 3 is 1.37 bits per heavy atom. The summed E-state index contributed by atoms with van der Waals surface area (Å²) in [5.41, 5.74) is 1.72. The summed E-state index contributed by atoms with van der Waals surface area (Å²) in [5, 5.41) is 22.3. The highest BCUT2D eigenvalue weighted by Crippen LogP contribution is 2.17. The predicted molar refractivity (Wildman–Crippen MR) is 110 cm³/mol. The van der Waals surface area contributed by atoms with Crippen LogP contribution in [0, 0.1) is 11.8 Å². The molecule has 30 heavy (non-hydrogen) atoms. The Hall–Kier alpha value is -4.64. The maximum atomic E-state index is 11.8. The molecule has 0 fully saturated rings. The van der Waals surface area contributed by atoms with E-state index in [2.05, 4.69) is 22.5 Å². The van der Waals surface area contributed by atoms with Gasteiger partial charge < -0.3 is 20.8 Å². The van der Waals surface area contributed by atoms with Gasteiger partial charge in [-0.3, -0.25) is 9.59 Å². The van der Waals surface area contributed by atoms with Crippen LogP contribution in [0.3, 0.4) is 0 Å². The van der Waals surface area contributed by atoms with E-state index in [1.165, 1.54) is 0 Å². The first-order valence-corrected chi connectivity index (χ1v) is 8.49. The van der Waals surface area contributed by atoms with Crippen molar-refractivity contribution in [2.24, 2.45) is 0 Å². The van der Waals surface area contributed by atoms with E-state index in [4.69, 9.17) is 10.2 Å². The Labute approximate surface area is 171 Å². The number of carbonyl (C=O) groups is 4.